The molecule has 1 aliphatic rings. The van der Waals surface area contributed by atoms with E-state index in [-0.39, 0.29) is 35.5 Å². The van der Waals surface area contributed by atoms with Crippen LogP contribution in [-0.2, 0) is 19.2 Å². The van der Waals surface area contributed by atoms with Crippen LogP contribution in [0.2, 0.25) is 0 Å². The summed E-state index contributed by atoms with van der Waals surface area (Å²) < 4.78 is 0. The zero-order chi connectivity index (χ0) is 28.7. The Labute approximate surface area is 238 Å². The van der Waals surface area contributed by atoms with Gasteiger partial charge in [0.25, 0.3) is 0 Å². The molecule has 1 aliphatic carbocycles. The van der Waals surface area contributed by atoms with Gasteiger partial charge in [0, 0.05) is 47.4 Å². The second-order valence-corrected chi connectivity index (χ2v) is 10.7. The summed E-state index contributed by atoms with van der Waals surface area (Å²) >= 11 is 0. The first kappa shape index (κ1) is 30.9. The van der Waals surface area contributed by atoms with Crippen LogP contribution in [0, 0.1) is 11.8 Å². The first-order valence-electron chi connectivity index (χ1n) is 14.8. The molecular formula is C32H44N4O4. The summed E-state index contributed by atoms with van der Waals surface area (Å²) in [7, 11) is 0. The SMILES string of the molecule is CCCCCC(=O)Nc1cccc(NC(=O)C2CCC(C(=O)Nc3cccc(NC(=O)CCCCC)c3)CC2)c1. The maximum absolute atomic E-state index is 12.9. The molecule has 4 N–H and O–H groups in total. The fourth-order valence-electron chi connectivity index (χ4n) is 4.97. The van der Waals surface area contributed by atoms with Crippen LogP contribution in [0.5, 0.6) is 0 Å². The summed E-state index contributed by atoms with van der Waals surface area (Å²) in [5, 5.41) is 11.7. The molecule has 0 saturated heterocycles. The largest absolute Gasteiger partial charge is 0.326 e. The van der Waals surface area contributed by atoms with Crippen LogP contribution in [0.3, 0.4) is 0 Å². The number of benzene rings is 2. The van der Waals surface area contributed by atoms with E-state index >= 15 is 0 Å². The fourth-order valence-corrected chi connectivity index (χ4v) is 4.97. The van der Waals surface area contributed by atoms with Crippen molar-refractivity contribution in [3.05, 3.63) is 48.5 Å². The number of unbranched alkanes of at least 4 members (excludes halogenated alkanes) is 4. The fraction of sp³-hybridized carbons (Fsp3) is 0.500. The van der Waals surface area contributed by atoms with E-state index in [1.54, 1.807) is 12.1 Å². The summed E-state index contributed by atoms with van der Waals surface area (Å²) in [4.78, 5) is 50.1. The zero-order valence-electron chi connectivity index (χ0n) is 23.9. The highest BCUT2D eigenvalue weighted by Gasteiger charge is 2.30. The molecule has 8 heteroatoms. The van der Waals surface area contributed by atoms with Crippen molar-refractivity contribution in [2.24, 2.45) is 11.8 Å². The van der Waals surface area contributed by atoms with Gasteiger partial charge in [-0.2, -0.15) is 0 Å². The lowest BCUT2D eigenvalue weighted by atomic mass is 9.81. The Kier molecular flexibility index (Phi) is 12.7. The second kappa shape index (κ2) is 16.4. The zero-order valence-corrected chi connectivity index (χ0v) is 23.9. The van der Waals surface area contributed by atoms with Gasteiger partial charge in [0.1, 0.15) is 0 Å². The van der Waals surface area contributed by atoms with E-state index in [1.807, 2.05) is 36.4 Å². The molecule has 0 bridgehead atoms. The third kappa shape index (κ3) is 10.5. The Bertz CT molecular complexity index is 1050. The molecule has 40 heavy (non-hydrogen) atoms. The molecule has 2 aromatic rings. The van der Waals surface area contributed by atoms with Crippen molar-refractivity contribution in [1.29, 1.82) is 0 Å². The van der Waals surface area contributed by atoms with Gasteiger partial charge in [0.15, 0.2) is 0 Å². The van der Waals surface area contributed by atoms with Crippen LogP contribution in [0.1, 0.15) is 90.9 Å². The molecule has 0 unspecified atom stereocenters. The summed E-state index contributed by atoms with van der Waals surface area (Å²) in [6.45, 7) is 4.20. The van der Waals surface area contributed by atoms with Crippen LogP contribution in [0.15, 0.2) is 48.5 Å². The maximum atomic E-state index is 12.9. The minimum absolute atomic E-state index is 0.0209. The monoisotopic (exact) mass is 548 g/mol. The van der Waals surface area contributed by atoms with E-state index in [4.69, 9.17) is 0 Å². The average Bonchev–Trinajstić information content (AvgIpc) is 2.94. The second-order valence-electron chi connectivity index (χ2n) is 10.7. The summed E-state index contributed by atoms with van der Waals surface area (Å²) in [5.74, 6) is -0.495. The molecule has 0 radical (unpaired) electrons. The molecule has 3 rings (SSSR count). The first-order valence-corrected chi connectivity index (χ1v) is 14.8. The normalized spacial score (nSPS) is 16.6. The van der Waals surface area contributed by atoms with E-state index in [9.17, 15) is 19.2 Å². The average molecular weight is 549 g/mol. The smallest absolute Gasteiger partial charge is 0.227 e. The van der Waals surface area contributed by atoms with Crippen LogP contribution < -0.4 is 21.3 Å². The van der Waals surface area contributed by atoms with Crippen molar-refractivity contribution in [1.82, 2.24) is 0 Å². The number of nitrogens with one attached hydrogen (secondary N) is 4. The Morgan fingerprint density at radius 1 is 0.575 bits per heavy atom. The first-order chi connectivity index (χ1) is 19.4. The van der Waals surface area contributed by atoms with Crippen molar-refractivity contribution in [3.63, 3.8) is 0 Å². The van der Waals surface area contributed by atoms with Gasteiger partial charge in [0.05, 0.1) is 0 Å². The molecule has 1 saturated carbocycles. The number of carbonyl (C=O) groups is 4. The third-order valence-electron chi connectivity index (χ3n) is 7.31. The lowest BCUT2D eigenvalue weighted by Gasteiger charge is -2.27. The Hall–Kier alpha value is -3.68. The predicted molar refractivity (Wildman–Crippen MR) is 161 cm³/mol. The number of amides is 4. The summed E-state index contributed by atoms with van der Waals surface area (Å²) in [5.41, 5.74) is 2.63. The summed E-state index contributed by atoms with van der Waals surface area (Å²) in [6, 6.07) is 14.4. The van der Waals surface area contributed by atoms with Crippen LogP contribution in [-0.4, -0.2) is 23.6 Å². The molecule has 0 aromatic heterocycles. The highest BCUT2D eigenvalue weighted by Crippen LogP contribution is 2.31. The van der Waals surface area contributed by atoms with E-state index in [2.05, 4.69) is 35.1 Å². The molecular weight excluding hydrogens is 504 g/mol. The van der Waals surface area contributed by atoms with Crippen molar-refractivity contribution >= 4 is 46.4 Å². The van der Waals surface area contributed by atoms with Gasteiger partial charge in [-0.15, -0.1) is 0 Å². The molecule has 0 aliphatic heterocycles. The quantitative estimate of drug-likeness (QED) is 0.188. The molecule has 0 spiro atoms. The Balaban J connectivity index is 1.44. The van der Waals surface area contributed by atoms with Gasteiger partial charge in [-0.05, 0) is 74.9 Å². The van der Waals surface area contributed by atoms with Crippen LogP contribution in [0.4, 0.5) is 22.7 Å². The minimum atomic E-state index is -0.164. The lowest BCUT2D eigenvalue weighted by molar-refractivity contribution is -0.125. The summed E-state index contributed by atoms with van der Waals surface area (Å²) in [6.07, 6.45) is 9.41. The topological polar surface area (TPSA) is 116 Å². The van der Waals surface area contributed by atoms with Gasteiger partial charge in [-0.1, -0.05) is 51.7 Å². The highest BCUT2D eigenvalue weighted by atomic mass is 16.2. The third-order valence-corrected chi connectivity index (χ3v) is 7.31. The number of hydrogen-bond acceptors (Lipinski definition) is 4. The van der Waals surface area contributed by atoms with Gasteiger partial charge >= 0.3 is 0 Å². The molecule has 1 fully saturated rings. The maximum Gasteiger partial charge on any atom is 0.227 e. The molecule has 2 aromatic carbocycles. The Morgan fingerprint density at radius 3 is 1.27 bits per heavy atom. The Morgan fingerprint density at radius 2 is 0.925 bits per heavy atom. The number of carbonyl (C=O) groups excluding carboxylic acids is 4. The predicted octanol–water partition coefficient (Wildman–Crippen LogP) is 7.11. The van der Waals surface area contributed by atoms with Gasteiger partial charge < -0.3 is 21.3 Å². The van der Waals surface area contributed by atoms with E-state index in [0.717, 1.165) is 38.5 Å². The van der Waals surface area contributed by atoms with Crippen LogP contribution in [0.25, 0.3) is 0 Å². The highest BCUT2D eigenvalue weighted by molar-refractivity contribution is 5.96. The van der Waals surface area contributed by atoms with Crippen molar-refractivity contribution in [2.75, 3.05) is 21.3 Å². The van der Waals surface area contributed by atoms with Gasteiger partial charge in [-0.3, -0.25) is 19.2 Å². The molecule has 0 heterocycles. The standard InChI is InChI=1S/C32H44N4O4/c1-3-5-7-15-29(37)33-25-11-9-13-27(21-25)35-31(39)23-17-19-24(20-18-23)32(40)36-28-14-10-12-26(22-28)34-30(38)16-8-6-4-2/h9-14,21-24H,3-8,15-20H2,1-2H3,(H,33,37)(H,34,38)(H,35,39)(H,36,40). The van der Waals surface area contributed by atoms with Crippen LogP contribution >= 0.6 is 0 Å². The molecule has 216 valence electrons. The van der Waals surface area contributed by atoms with Gasteiger partial charge in [0.2, 0.25) is 23.6 Å². The van der Waals surface area contributed by atoms with Crippen molar-refractivity contribution in [3.8, 4) is 0 Å². The molecule has 4 amide bonds. The molecule has 0 atom stereocenters. The van der Waals surface area contributed by atoms with E-state index in [0.29, 0.717) is 61.3 Å². The number of hydrogen-bond donors (Lipinski definition) is 4. The van der Waals surface area contributed by atoms with Gasteiger partial charge in [-0.25, -0.2) is 0 Å². The molecule has 8 nitrogen and oxygen atoms in total. The number of rotatable bonds is 14. The van der Waals surface area contributed by atoms with Crippen molar-refractivity contribution < 1.29 is 19.2 Å². The van der Waals surface area contributed by atoms with Crippen molar-refractivity contribution in [2.45, 2.75) is 90.9 Å². The van der Waals surface area contributed by atoms with E-state index < -0.39 is 0 Å². The lowest BCUT2D eigenvalue weighted by Crippen LogP contribution is -2.32. The minimum Gasteiger partial charge on any atom is -0.326 e. The van der Waals surface area contributed by atoms with E-state index in [1.165, 1.54) is 0 Å². The number of anilines is 4.